The van der Waals surface area contributed by atoms with Crippen molar-refractivity contribution in [1.29, 1.82) is 0 Å². The summed E-state index contributed by atoms with van der Waals surface area (Å²) in [5, 5.41) is 8.05. The van der Waals surface area contributed by atoms with Crippen LogP contribution in [-0.4, -0.2) is 63.1 Å². The monoisotopic (exact) mass is 394 g/mol. The van der Waals surface area contributed by atoms with E-state index in [-0.39, 0.29) is 22.8 Å². The van der Waals surface area contributed by atoms with Crippen molar-refractivity contribution in [1.82, 2.24) is 29.1 Å². The maximum atomic E-state index is 12.6. The first-order chi connectivity index (χ1) is 12.9. The number of hydrogen-bond donors (Lipinski definition) is 0. The number of likely N-dealkylation sites (tertiary alicyclic amines) is 1. The van der Waals surface area contributed by atoms with Crippen LogP contribution in [0.15, 0.2) is 21.8 Å². The van der Waals surface area contributed by atoms with Crippen molar-refractivity contribution in [3.8, 4) is 0 Å². The van der Waals surface area contributed by atoms with Gasteiger partial charge in [0.25, 0.3) is 0 Å². The Labute approximate surface area is 157 Å². The summed E-state index contributed by atoms with van der Waals surface area (Å²) in [6.07, 6.45) is 4.61. The number of carbonyl (C=O) groups is 1. The van der Waals surface area contributed by atoms with E-state index in [0.717, 1.165) is 12.8 Å². The molecule has 0 bridgehead atoms. The van der Waals surface area contributed by atoms with Crippen LogP contribution in [0.1, 0.15) is 50.4 Å². The van der Waals surface area contributed by atoms with E-state index >= 15 is 0 Å². The quantitative estimate of drug-likeness (QED) is 0.735. The highest BCUT2D eigenvalue weighted by Crippen LogP contribution is 2.34. The molecule has 2 aromatic rings. The molecular formula is C16H22N6O4S. The Balaban J connectivity index is 1.43. The molecule has 1 atom stereocenters. The highest BCUT2D eigenvalue weighted by atomic mass is 32.2. The maximum absolute atomic E-state index is 12.6. The van der Waals surface area contributed by atoms with Crippen LogP contribution in [0.25, 0.3) is 0 Å². The van der Waals surface area contributed by atoms with Gasteiger partial charge >= 0.3 is 0 Å². The average Bonchev–Trinajstić information content (AvgIpc) is 3.32. The van der Waals surface area contributed by atoms with E-state index in [1.54, 1.807) is 9.58 Å². The topological polar surface area (TPSA) is 114 Å². The van der Waals surface area contributed by atoms with Crippen molar-refractivity contribution in [3.63, 3.8) is 0 Å². The first-order valence-corrected chi connectivity index (χ1v) is 10.5. The van der Waals surface area contributed by atoms with Gasteiger partial charge in [0.05, 0.1) is 12.1 Å². The Morgan fingerprint density at radius 1 is 1.37 bits per heavy atom. The second kappa shape index (κ2) is 6.71. The van der Waals surface area contributed by atoms with E-state index < -0.39 is 10.0 Å². The number of amides is 1. The molecule has 2 aliphatic rings. The number of hydrogen-bond acceptors (Lipinski definition) is 7. The number of rotatable bonds is 5. The maximum Gasteiger partial charge on any atom is 0.249 e. The third-order valence-electron chi connectivity index (χ3n) is 5.18. The lowest BCUT2D eigenvalue weighted by molar-refractivity contribution is -0.130. The summed E-state index contributed by atoms with van der Waals surface area (Å²) in [7, 11) is -3.55. The van der Waals surface area contributed by atoms with Crippen LogP contribution in [0.4, 0.5) is 0 Å². The molecule has 0 aromatic carbocycles. The van der Waals surface area contributed by atoms with Gasteiger partial charge in [0, 0.05) is 39.3 Å². The third-order valence-corrected chi connectivity index (χ3v) is 6.97. The fraction of sp³-hybridized carbons (Fsp3) is 0.625. The van der Waals surface area contributed by atoms with Crippen LogP contribution in [0.3, 0.4) is 0 Å². The van der Waals surface area contributed by atoms with Crippen molar-refractivity contribution in [2.45, 2.75) is 50.1 Å². The Kier molecular flexibility index (Phi) is 4.50. The van der Waals surface area contributed by atoms with E-state index in [4.69, 9.17) is 4.52 Å². The number of nitrogens with zero attached hydrogens (tertiary/aromatic N) is 6. The van der Waals surface area contributed by atoms with Crippen molar-refractivity contribution in [2.24, 2.45) is 0 Å². The van der Waals surface area contributed by atoms with E-state index in [0.29, 0.717) is 37.9 Å². The molecule has 0 spiro atoms. The number of carbonyl (C=O) groups excluding carboxylic acids is 1. The standard InChI is InChI=1S/C16H22N6O4S/c1-3-20-10-13(7-17-20)27(24,25)21-8-12(9-21)15-18-16(26-19-15)14-5-4-6-22(14)11(2)23/h7,10,12,14H,3-6,8-9H2,1-2H3. The summed E-state index contributed by atoms with van der Waals surface area (Å²) < 4.78 is 33.6. The molecule has 2 aromatic heterocycles. The van der Waals surface area contributed by atoms with Crippen molar-refractivity contribution in [2.75, 3.05) is 19.6 Å². The summed E-state index contributed by atoms with van der Waals surface area (Å²) in [5.41, 5.74) is 0. The molecule has 0 saturated carbocycles. The van der Waals surface area contributed by atoms with Gasteiger partial charge in [-0.2, -0.15) is 14.4 Å². The lowest BCUT2D eigenvalue weighted by atomic mass is 10.0. The summed E-state index contributed by atoms with van der Waals surface area (Å²) in [6, 6.07) is -0.177. The highest BCUT2D eigenvalue weighted by molar-refractivity contribution is 7.89. The van der Waals surface area contributed by atoms with Gasteiger partial charge in [-0.15, -0.1) is 0 Å². The molecule has 0 aliphatic carbocycles. The Bertz CT molecular complexity index is 946. The minimum absolute atomic E-state index is 0.00853. The molecule has 4 rings (SSSR count). The first-order valence-electron chi connectivity index (χ1n) is 9.03. The number of aryl methyl sites for hydroxylation is 1. The Morgan fingerprint density at radius 2 is 2.15 bits per heavy atom. The van der Waals surface area contributed by atoms with Gasteiger partial charge in [0.1, 0.15) is 10.9 Å². The molecule has 11 heteroatoms. The van der Waals surface area contributed by atoms with Crippen LogP contribution in [0.5, 0.6) is 0 Å². The van der Waals surface area contributed by atoms with Gasteiger partial charge in [-0.1, -0.05) is 5.16 Å². The molecule has 0 N–H and O–H groups in total. The lowest BCUT2D eigenvalue weighted by Gasteiger charge is -2.35. The van der Waals surface area contributed by atoms with Crippen molar-refractivity contribution >= 4 is 15.9 Å². The molecule has 2 fully saturated rings. The highest BCUT2D eigenvalue weighted by Gasteiger charge is 2.41. The average molecular weight is 394 g/mol. The minimum Gasteiger partial charge on any atom is -0.337 e. The van der Waals surface area contributed by atoms with Gasteiger partial charge in [-0.25, -0.2) is 8.42 Å². The largest absolute Gasteiger partial charge is 0.337 e. The van der Waals surface area contributed by atoms with Crippen LogP contribution in [0.2, 0.25) is 0 Å². The zero-order chi connectivity index (χ0) is 19.2. The molecule has 4 heterocycles. The van der Waals surface area contributed by atoms with Crippen LogP contribution >= 0.6 is 0 Å². The second-order valence-electron chi connectivity index (χ2n) is 6.91. The molecule has 146 valence electrons. The van der Waals surface area contributed by atoms with Gasteiger partial charge in [0.15, 0.2) is 5.82 Å². The molecule has 2 saturated heterocycles. The predicted octanol–water partition coefficient (Wildman–Crippen LogP) is 0.757. The molecule has 0 radical (unpaired) electrons. The zero-order valence-corrected chi connectivity index (χ0v) is 16.1. The fourth-order valence-corrected chi connectivity index (χ4v) is 5.03. The number of sulfonamides is 1. The van der Waals surface area contributed by atoms with Gasteiger partial charge in [-0.05, 0) is 19.8 Å². The van der Waals surface area contributed by atoms with Gasteiger partial charge in [-0.3, -0.25) is 9.48 Å². The fourth-order valence-electron chi connectivity index (χ4n) is 3.55. The molecule has 10 nitrogen and oxygen atoms in total. The summed E-state index contributed by atoms with van der Waals surface area (Å²) in [5.74, 6) is 0.816. The van der Waals surface area contributed by atoms with E-state index in [1.165, 1.54) is 23.6 Å². The van der Waals surface area contributed by atoms with Crippen molar-refractivity contribution in [3.05, 3.63) is 24.1 Å². The molecule has 27 heavy (non-hydrogen) atoms. The normalized spacial score (nSPS) is 21.6. The van der Waals surface area contributed by atoms with Crippen molar-refractivity contribution < 1.29 is 17.7 Å². The summed E-state index contributed by atoms with van der Waals surface area (Å²) in [4.78, 5) is 18.1. The third kappa shape index (κ3) is 3.14. The molecule has 1 unspecified atom stereocenters. The van der Waals surface area contributed by atoms with E-state index in [1.807, 2.05) is 6.92 Å². The van der Waals surface area contributed by atoms with Gasteiger partial charge < -0.3 is 9.42 Å². The molecule has 1 amide bonds. The van der Waals surface area contributed by atoms with Crippen LogP contribution in [-0.2, 0) is 21.4 Å². The zero-order valence-electron chi connectivity index (χ0n) is 15.3. The predicted molar refractivity (Wildman–Crippen MR) is 93.1 cm³/mol. The van der Waals surface area contributed by atoms with Crippen LogP contribution < -0.4 is 0 Å². The second-order valence-corrected chi connectivity index (χ2v) is 8.85. The van der Waals surface area contributed by atoms with Gasteiger partial charge in [0.2, 0.25) is 21.8 Å². The molecule has 2 aliphatic heterocycles. The summed E-state index contributed by atoms with van der Waals surface area (Å²) >= 11 is 0. The smallest absolute Gasteiger partial charge is 0.249 e. The van der Waals surface area contributed by atoms with Crippen LogP contribution in [0, 0.1) is 0 Å². The minimum atomic E-state index is -3.55. The Hall–Kier alpha value is -2.27. The summed E-state index contributed by atoms with van der Waals surface area (Å²) in [6.45, 7) is 5.35. The number of aromatic nitrogens is 4. The first kappa shape index (κ1) is 18.1. The Morgan fingerprint density at radius 3 is 2.81 bits per heavy atom. The lowest BCUT2D eigenvalue weighted by Crippen LogP contribution is -2.48. The van der Waals surface area contributed by atoms with E-state index in [2.05, 4.69) is 15.2 Å². The molecular weight excluding hydrogens is 372 g/mol. The van der Waals surface area contributed by atoms with E-state index in [9.17, 15) is 13.2 Å². The SMILES string of the molecule is CCn1cc(S(=O)(=O)N2CC(c3noc(C4CCCN4C(C)=O)n3)C2)cn1.